The topological polar surface area (TPSA) is 49.4 Å². The Balaban J connectivity index is 2.38. The summed E-state index contributed by atoms with van der Waals surface area (Å²) in [6.07, 6.45) is 2.73. The highest BCUT2D eigenvalue weighted by atomic mass is 16.2. The monoisotopic (exact) mass is 266 g/mol. The van der Waals surface area contributed by atoms with Gasteiger partial charge in [0.25, 0.3) is 0 Å². The molecule has 0 bridgehead atoms. The first-order valence-corrected chi connectivity index (χ1v) is 7.40. The van der Waals surface area contributed by atoms with Crippen LogP contribution in [0.4, 0.5) is 0 Å². The number of amides is 2. The first-order chi connectivity index (χ1) is 8.75. The summed E-state index contributed by atoms with van der Waals surface area (Å²) < 4.78 is 0. The fourth-order valence-corrected chi connectivity index (χ4v) is 2.99. The van der Waals surface area contributed by atoms with Crippen LogP contribution in [0.2, 0.25) is 0 Å². The van der Waals surface area contributed by atoms with Crippen LogP contribution in [-0.4, -0.2) is 34.3 Å². The van der Waals surface area contributed by atoms with Gasteiger partial charge in [0.15, 0.2) is 0 Å². The van der Waals surface area contributed by atoms with Crippen LogP contribution in [0.3, 0.4) is 0 Å². The van der Waals surface area contributed by atoms with Crippen LogP contribution in [0.1, 0.15) is 53.9 Å². The molecule has 4 nitrogen and oxygen atoms in total. The molecule has 0 aromatic heterocycles. The average Bonchev–Trinajstić information content (AvgIpc) is 3.16. The first kappa shape index (κ1) is 14.4. The SMILES string of the molecule is CCC1(C)NC(=O)C(C)(C2CC2)N(CC(C)C)C1=O. The Labute approximate surface area is 115 Å². The molecule has 1 saturated carbocycles. The van der Waals surface area contributed by atoms with E-state index in [2.05, 4.69) is 19.2 Å². The summed E-state index contributed by atoms with van der Waals surface area (Å²) in [5.74, 6) is 0.808. The summed E-state index contributed by atoms with van der Waals surface area (Å²) in [6, 6.07) is 0. The number of nitrogens with zero attached hydrogens (tertiary/aromatic N) is 1. The molecule has 2 unspecified atom stereocenters. The van der Waals surface area contributed by atoms with Crippen molar-refractivity contribution >= 4 is 11.8 Å². The lowest BCUT2D eigenvalue weighted by molar-refractivity contribution is -0.164. The molecule has 2 fully saturated rings. The van der Waals surface area contributed by atoms with Crippen molar-refractivity contribution in [1.82, 2.24) is 10.2 Å². The van der Waals surface area contributed by atoms with Crippen LogP contribution in [0, 0.1) is 11.8 Å². The quantitative estimate of drug-likeness (QED) is 0.845. The summed E-state index contributed by atoms with van der Waals surface area (Å²) in [5, 5.41) is 2.98. The van der Waals surface area contributed by atoms with Crippen LogP contribution < -0.4 is 5.32 Å². The van der Waals surface area contributed by atoms with Crippen molar-refractivity contribution in [3.63, 3.8) is 0 Å². The number of rotatable bonds is 4. The van der Waals surface area contributed by atoms with E-state index in [0.29, 0.717) is 24.8 Å². The molecule has 2 amide bonds. The van der Waals surface area contributed by atoms with Gasteiger partial charge in [0.1, 0.15) is 11.1 Å². The van der Waals surface area contributed by atoms with Crippen LogP contribution in [0.15, 0.2) is 0 Å². The summed E-state index contributed by atoms with van der Waals surface area (Å²) in [5.41, 5.74) is -1.38. The number of hydrogen-bond donors (Lipinski definition) is 1. The lowest BCUT2D eigenvalue weighted by Gasteiger charge is -2.51. The van der Waals surface area contributed by atoms with E-state index in [1.807, 2.05) is 25.7 Å². The Morgan fingerprint density at radius 1 is 1.32 bits per heavy atom. The van der Waals surface area contributed by atoms with Crippen molar-refractivity contribution in [2.24, 2.45) is 11.8 Å². The van der Waals surface area contributed by atoms with Gasteiger partial charge in [0.05, 0.1) is 0 Å². The molecule has 4 heteroatoms. The molecule has 1 N–H and O–H groups in total. The van der Waals surface area contributed by atoms with Crippen molar-refractivity contribution in [3.05, 3.63) is 0 Å². The maximum Gasteiger partial charge on any atom is 0.248 e. The Morgan fingerprint density at radius 2 is 1.89 bits per heavy atom. The zero-order valence-electron chi connectivity index (χ0n) is 12.7. The van der Waals surface area contributed by atoms with Crippen molar-refractivity contribution in [3.8, 4) is 0 Å². The average molecular weight is 266 g/mol. The van der Waals surface area contributed by atoms with E-state index in [0.717, 1.165) is 12.8 Å². The van der Waals surface area contributed by atoms with E-state index in [9.17, 15) is 9.59 Å². The van der Waals surface area contributed by atoms with Gasteiger partial charge < -0.3 is 10.2 Å². The van der Waals surface area contributed by atoms with Gasteiger partial charge in [-0.1, -0.05) is 20.8 Å². The van der Waals surface area contributed by atoms with Gasteiger partial charge in [-0.05, 0) is 44.9 Å². The van der Waals surface area contributed by atoms with Crippen LogP contribution in [-0.2, 0) is 9.59 Å². The van der Waals surface area contributed by atoms with E-state index in [4.69, 9.17) is 0 Å². The zero-order chi connectivity index (χ0) is 14.4. The smallest absolute Gasteiger partial charge is 0.248 e. The lowest BCUT2D eigenvalue weighted by Crippen LogP contribution is -2.75. The highest BCUT2D eigenvalue weighted by Crippen LogP contribution is 2.46. The summed E-state index contributed by atoms with van der Waals surface area (Å²) >= 11 is 0. The van der Waals surface area contributed by atoms with Crippen LogP contribution in [0.25, 0.3) is 0 Å². The van der Waals surface area contributed by atoms with Gasteiger partial charge >= 0.3 is 0 Å². The van der Waals surface area contributed by atoms with E-state index < -0.39 is 11.1 Å². The second-order valence-electron chi connectivity index (χ2n) is 6.87. The molecule has 0 aromatic carbocycles. The number of carbonyl (C=O) groups is 2. The molecule has 2 atom stereocenters. The molecule has 0 spiro atoms. The highest BCUT2D eigenvalue weighted by molar-refractivity contribution is 6.02. The largest absolute Gasteiger partial charge is 0.340 e. The molecule has 1 aliphatic carbocycles. The lowest BCUT2D eigenvalue weighted by atomic mass is 9.82. The number of nitrogens with one attached hydrogen (secondary N) is 1. The highest BCUT2D eigenvalue weighted by Gasteiger charge is 2.59. The van der Waals surface area contributed by atoms with Gasteiger partial charge in [-0.3, -0.25) is 9.59 Å². The molecule has 2 aliphatic rings. The molecule has 1 aliphatic heterocycles. The summed E-state index contributed by atoms with van der Waals surface area (Å²) in [7, 11) is 0. The minimum absolute atomic E-state index is 0.0274. The Hall–Kier alpha value is -1.06. The molecule has 0 radical (unpaired) electrons. The third-order valence-electron chi connectivity index (χ3n) is 4.75. The van der Waals surface area contributed by atoms with Crippen molar-refractivity contribution in [1.29, 1.82) is 0 Å². The number of hydrogen-bond acceptors (Lipinski definition) is 2. The van der Waals surface area contributed by atoms with E-state index >= 15 is 0 Å². The fourth-order valence-electron chi connectivity index (χ4n) is 2.99. The maximum atomic E-state index is 12.8. The Bertz CT molecular complexity index is 403. The van der Waals surface area contributed by atoms with Crippen molar-refractivity contribution in [2.75, 3.05) is 6.54 Å². The minimum atomic E-state index is -0.736. The predicted octanol–water partition coefficient (Wildman–Crippen LogP) is 1.94. The molecule has 108 valence electrons. The van der Waals surface area contributed by atoms with Gasteiger partial charge in [-0.2, -0.15) is 0 Å². The van der Waals surface area contributed by atoms with E-state index in [-0.39, 0.29) is 11.8 Å². The van der Waals surface area contributed by atoms with Gasteiger partial charge in [0.2, 0.25) is 11.8 Å². The maximum absolute atomic E-state index is 12.8. The molecular formula is C15H26N2O2. The second-order valence-corrected chi connectivity index (χ2v) is 6.87. The molecule has 2 rings (SSSR count). The van der Waals surface area contributed by atoms with E-state index in [1.165, 1.54) is 0 Å². The molecular weight excluding hydrogens is 240 g/mol. The van der Waals surface area contributed by atoms with Crippen LogP contribution in [0.5, 0.6) is 0 Å². The third-order valence-corrected chi connectivity index (χ3v) is 4.75. The molecule has 1 heterocycles. The zero-order valence-corrected chi connectivity index (χ0v) is 12.7. The fraction of sp³-hybridized carbons (Fsp3) is 0.867. The van der Waals surface area contributed by atoms with Crippen LogP contribution >= 0.6 is 0 Å². The second kappa shape index (κ2) is 4.50. The van der Waals surface area contributed by atoms with Gasteiger partial charge in [0, 0.05) is 6.54 Å². The van der Waals surface area contributed by atoms with Gasteiger partial charge in [-0.15, -0.1) is 0 Å². The van der Waals surface area contributed by atoms with Gasteiger partial charge in [-0.25, -0.2) is 0 Å². The minimum Gasteiger partial charge on any atom is -0.340 e. The summed E-state index contributed by atoms with van der Waals surface area (Å²) in [6.45, 7) is 10.6. The summed E-state index contributed by atoms with van der Waals surface area (Å²) in [4.78, 5) is 27.3. The third kappa shape index (κ3) is 2.15. The van der Waals surface area contributed by atoms with Crippen molar-refractivity contribution in [2.45, 2.75) is 65.0 Å². The molecule has 0 aromatic rings. The molecule has 19 heavy (non-hydrogen) atoms. The van der Waals surface area contributed by atoms with Crippen molar-refractivity contribution < 1.29 is 9.59 Å². The number of carbonyl (C=O) groups excluding carboxylic acids is 2. The standard InChI is InChI=1S/C15H26N2O2/c1-6-14(4)13(19)17(9-10(2)3)15(5,11-7-8-11)12(18)16-14/h10-11H,6-9H2,1-5H3,(H,16,18). The Kier molecular flexibility index (Phi) is 3.40. The number of piperazine rings is 1. The van der Waals surface area contributed by atoms with E-state index in [1.54, 1.807) is 0 Å². The normalized spacial score (nSPS) is 35.8. The predicted molar refractivity (Wildman–Crippen MR) is 74.5 cm³/mol. The first-order valence-electron chi connectivity index (χ1n) is 7.40. The molecule has 1 saturated heterocycles. The Morgan fingerprint density at radius 3 is 2.32 bits per heavy atom.